The van der Waals surface area contributed by atoms with Crippen molar-refractivity contribution in [3.63, 3.8) is 0 Å². The van der Waals surface area contributed by atoms with Gasteiger partial charge in [0, 0.05) is 25.2 Å². The lowest BCUT2D eigenvalue weighted by atomic mass is 9.97. The number of amides is 2. The van der Waals surface area contributed by atoms with Gasteiger partial charge in [-0.3, -0.25) is 9.59 Å². The number of fused-ring (bicyclic) bond motifs is 1. The van der Waals surface area contributed by atoms with Crippen molar-refractivity contribution < 1.29 is 9.59 Å². The number of benzene rings is 2. The Kier molecular flexibility index (Phi) is 5.12. The normalized spacial score (nSPS) is 17.0. The number of hydrogen-bond donors (Lipinski definition) is 0. The number of para-hydroxylation sites is 1. The first-order chi connectivity index (χ1) is 15.8. The monoisotopic (exact) mass is 441 g/mol. The Morgan fingerprint density at radius 3 is 2.55 bits per heavy atom. The molecule has 33 heavy (non-hydrogen) atoms. The Hall–Kier alpha value is -3.74. The number of rotatable bonds is 3. The third kappa shape index (κ3) is 3.95. The van der Waals surface area contributed by atoms with Crippen LogP contribution >= 0.6 is 0 Å². The van der Waals surface area contributed by atoms with Crippen LogP contribution in [0.1, 0.15) is 52.9 Å². The Labute approximate surface area is 193 Å². The summed E-state index contributed by atoms with van der Waals surface area (Å²) in [6.45, 7) is 7.42. The SMILES string of the molecule is CC1=Cc2cc(C(=O)N3CCN(C(=O)c4ncn(-c5ccccc5)n4)C(C)(C)C3)ccc2C1. The summed E-state index contributed by atoms with van der Waals surface area (Å²) in [6.07, 6.45) is 4.65. The van der Waals surface area contributed by atoms with Crippen LogP contribution < -0.4 is 0 Å². The van der Waals surface area contributed by atoms with Crippen molar-refractivity contribution in [2.45, 2.75) is 32.7 Å². The van der Waals surface area contributed by atoms with E-state index in [9.17, 15) is 9.59 Å². The lowest BCUT2D eigenvalue weighted by Crippen LogP contribution is -2.62. The van der Waals surface area contributed by atoms with E-state index in [4.69, 9.17) is 0 Å². The van der Waals surface area contributed by atoms with Crippen molar-refractivity contribution in [2.24, 2.45) is 0 Å². The molecule has 1 saturated heterocycles. The topological polar surface area (TPSA) is 71.3 Å². The van der Waals surface area contributed by atoms with E-state index in [0.717, 1.165) is 17.7 Å². The smallest absolute Gasteiger partial charge is 0.294 e. The summed E-state index contributed by atoms with van der Waals surface area (Å²) in [4.78, 5) is 34.4. The van der Waals surface area contributed by atoms with E-state index in [0.29, 0.717) is 25.2 Å². The Balaban J connectivity index is 1.31. The fourth-order valence-electron chi connectivity index (χ4n) is 4.71. The molecule has 0 bridgehead atoms. The molecule has 1 aliphatic heterocycles. The molecular formula is C26H27N5O2. The molecule has 2 aliphatic rings. The number of aromatic nitrogens is 3. The van der Waals surface area contributed by atoms with Crippen molar-refractivity contribution in [1.29, 1.82) is 0 Å². The van der Waals surface area contributed by atoms with Gasteiger partial charge in [0.05, 0.1) is 11.2 Å². The van der Waals surface area contributed by atoms with Crippen molar-refractivity contribution in [3.8, 4) is 5.69 Å². The van der Waals surface area contributed by atoms with Gasteiger partial charge in [0.1, 0.15) is 6.33 Å². The second kappa shape index (κ2) is 7.99. The van der Waals surface area contributed by atoms with Crippen LogP contribution in [-0.4, -0.2) is 61.6 Å². The van der Waals surface area contributed by atoms with Crippen LogP contribution in [0.3, 0.4) is 0 Å². The van der Waals surface area contributed by atoms with Crippen LogP contribution in [0.2, 0.25) is 0 Å². The molecule has 0 saturated carbocycles. The van der Waals surface area contributed by atoms with E-state index < -0.39 is 5.54 Å². The Bertz CT molecular complexity index is 1260. The second-order valence-corrected chi connectivity index (χ2v) is 9.43. The summed E-state index contributed by atoms with van der Waals surface area (Å²) in [7, 11) is 0. The minimum atomic E-state index is -0.545. The van der Waals surface area contributed by atoms with E-state index in [1.54, 1.807) is 15.9 Å². The number of carbonyl (C=O) groups is 2. The van der Waals surface area contributed by atoms with Gasteiger partial charge >= 0.3 is 0 Å². The van der Waals surface area contributed by atoms with Gasteiger partial charge in [-0.2, -0.15) is 0 Å². The van der Waals surface area contributed by atoms with Gasteiger partial charge in [0.2, 0.25) is 5.82 Å². The molecule has 5 rings (SSSR count). The maximum atomic E-state index is 13.2. The molecule has 0 spiro atoms. The molecule has 2 heterocycles. The van der Waals surface area contributed by atoms with E-state index in [2.05, 4.69) is 29.1 Å². The summed E-state index contributed by atoms with van der Waals surface area (Å²) in [6, 6.07) is 15.5. The second-order valence-electron chi connectivity index (χ2n) is 9.43. The van der Waals surface area contributed by atoms with Crippen molar-refractivity contribution >= 4 is 17.9 Å². The van der Waals surface area contributed by atoms with Gasteiger partial charge in [-0.05, 0) is 62.6 Å². The number of piperazine rings is 1. The molecule has 0 N–H and O–H groups in total. The van der Waals surface area contributed by atoms with Gasteiger partial charge in [0.25, 0.3) is 11.8 Å². The molecule has 0 radical (unpaired) electrons. The molecule has 1 aromatic heterocycles. The fourth-order valence-corrected chi connectivity index (χ4v) is 4.71. The van der Waals surface area contributed by atoms with E-state index in [-0.39, 0.29) is 17.6 Å². The summed E-state index contributed by atoms with van der Waals surface area (Å²) < 4.78 is 1.60. The van der Waals surface area contributed by atoms with Gasteiger partial charge in [-0.1, -0.05) is 35.9 Å². The highest BCUT2D eigenvalue weighted by Crippen LogP contribution is 2.28. The zero-order valence-corrected chi connectivity index (χ0v) is 19.2. The van der Waals surface area contributed by atoms with Crippen LogP contribution in [0.5, 0.6) is 0 Å². The summed E-state index contributed by atoms with van der Waals surface area (Å²) >= 11 is 0. The Morgan fingerprint density at radius 1 is 1.00 bits per heavy atom. The zero-order chi connectivity index (χ0) is 23.2. The lowest BCUT2D eigenvalue weighted by Gasteiger charge is -2.46. The maximum Gasteiger partial charge on any atom is 0.294 e. The quantitative estimate of drug-likeness (QED) is 0.623. The van der Waals surface area contributed by atoms with E-state index in [1.807, 2.05) is 61.2 Å². The number of hydrogen-bond acceptors (Lipinski definition) is 4. The highest BCUT2D eigenvalue weighted by molar-refractivity contribution is 5.96. The van der Waals surface area contributed by atoms with Crippen LogP contribution in [0.15, 0.2) is 60.4 Å². The van der Waals surface area contributed by atoms with Crippen LogP contribution in [0, 0.1) is 0 Å². The predicted octanol–water partition coefficient (Wildman–Crippen LogP) is 3.60. The first kappa shape index (κ1) is 21.1. The molecule has 2 amide bonds. The highest BCUT2D eigenvalue weighted by Gasteiger charge is 2.40. The molecule has 0 atom stereocenters. The van der Waals surface area contributed by atoms with Crippen LogP contribution in [-0.2, 0) is 6.42 Å². The molecule has 0 unspecified atom stereocenters. The maximum absolute atomic E-state index is 13.2. The van der Waals surface area contributed by atoms with Crippen molar-refractivity contribution in [3.05, 3.63) is 82.9 Å². The molecule has 7 nitrogen and oxygen atoms in total. The minimum absolute atomic E-state index is 0.00223. The van der Waals surface area contributed by atoms with E-state index in [1.165, 1.54) is 11.1 Å². The largest absolute Gasteiger partial charge is 0.335 e. The van der Waals surface area contributed by atoms with Crippen molar-refractivity contribution in [2.75, 3.05) is 19.6 Å². The van der Waals surface area contributed by atoms with Crippen LogP contribution in [0.4, 0.5) is 0 Å². The van der Waals surface area contributed by atoms with Gasteiger partial charge < -0.3 is 9.80 Å². The lowest BCUT2D eigenvalue weighted by molar-refractivity contribution is 0.0160. The van der Waals surface area contributed by atoms with Gasteiger partial charge in [-0.25, -0.2) is 9.67 Å². The summed E-state index contributed by atoms with van der Waals surface area (Å²) in [5, 5.41) is 4.39. The Morgan fingerprint density at radius 2 is 1.79 bits per heavy atom. The molecule has 1 aliphatic carbocycles. The van der Waals surface area contributed by atoms with E-state index >= 15 is 0 Å². The number of nitrogens with zero attached hydrogens (tertiary/aromatic N) is 5. The summed E-state index contributed by atoms with van der Waals surface area (Å²) in [5.74, 6) is -0.0604. The molecular weight excluding hydrogens is 414 g/mol. The summed E-state index contributed by atoms with van der Waals surface area (Å²) in [5.41, 5.74) is 4.70. The first-order valence-electron chi connectivity index (χ1n) is 11.2. The minimum Gasteiger partial charge on any atom is -0.335 e. The molecule has 1 fully saturated rings. The van der Waals surface area contributed by atoms with Gasteiger partial charge in [-0.15, -0.1) is 5.10 Å². The first-order valence-corrected chi connectivity index (χ1v) is 11.2. The standard InChI is InChI=1S/C26H27N5O2/c1-18-13-19-9-10-20(15-21(19)14-18)24(32)29-11-12-30(26(2,3)16-29)25(33)23-27-17-31(28-23)22-7-5-4-6-8-22/h4-10,14-15,17H,11-13,16H2,1-3H3. The highest BCUT2D eigenvalue weighted by atomic mass is 16.2. The zero-order valence-electron chi connectivity index (χ0n) is 19.2. The number of allylic oxidation sites excluding steroid dienone is 1. The third-order valence-electron chi connectivity index (χ3n) is 6.40. The average Bonchev–Trinajstić information content (AvgIpc) is 3.43. The number of carbonyl (C=O) groups excluding carboxylic acids is 2. The molecule has 2 aromatic carbocycles. The fraction of sp³-hybridized carbons (Fsp3) is 0.308. The predicted molar refractivity (Wildman–Crippen MR) is 126 cm³/mol. The van der Waals surface area contributed by atoms with Gasteiger partial charge in [0.15, 0.2) is 0 Å². The third-order valence-corrected chi connectivity index (χ3v) is 6.40. The van der Waals surface area contributed by atoms with Crippen LogP contribution in [0.25, 0.3) is 11.8 Å². The van der Waals surface area contributed by atoms with Crippen molar-refractivity contribution in [1.82, 2.24) is 24.6 Å². The molecule has 3 aromatic rings. The molecule has 7 heteroatoms. The average molecular weight is 442 g/mol. The molecule has 168 valence electrons.